The monoisotopic (exact) mass is 294 g/mol. The number of carbonyl (C=O) groups excluding carboxylic acids is 1. The third-order valence-corrected chi connectivity index (χ3v) is 2.57. The molecule has 0 aliphatic carbocycles. The van der Waals surface area contributed by atoms with Gasteiger partial charge in [-0.2, -0.15) is 0 Å². The van der Waals surface area contributed by atoms with E-state index in [1.807, 2.05) is 0 Å². The highest BCUT2D eigenvalue weighted by Gasteiger charge is 2.09. The van der Waals surface area contributed by atoms with Crippen LogP contribution in [0.15, 0.2) is 16.8 Å². The molecule has 0 atom stereocenters. The van der Waals surface area contributed by atoms with Crippen molar-refractivity contribution in [2.75, 3.05) is 25.6 Å². The summed E-state index contributed by atoms with van der Waals surface area (Å²) in [6.07, 6.45) is 1.71. The maximum Gasteiger partial charge on any atom is 0.248 e. The standard InChI is InChI=1S/C12H18N6O3/c1-9-5-12(21-16-9)14-11(19)8-18-7-10(15-17-18)6-13-3-4-20-2/h5,7,13H,3-4,6,8H2,1-2H3,(H,14,19). The number of anilines is 1. The Morgan fingerprint density at radius 1 is 1.52 bits per heavy atom. The van der Waals surface area contributed by atoms with Gasteiger partial charge >= 0.3 is 0 Å². The highest BCUT2D eigenvalue weighted by atomic mass is 16.5. The molecule has 0 aliphatic heterocycles. The van der Waals surface area contributed by atoms with Crippen molar-refractivity contribution < 1.29 is 14.1 Å². The van der Waals surface area contributed by atoms with Crippen molar-refractivity contribution in [1.29, 1.82) is 0 Å². The van der Waals surface area contributed by atoms with Crippen molar-refractivity contribution in [2.45, 2.75) is 20.0 Å². The fourth-order valence-corrected chi connectivity index (χ4v) is 1.63. The molecule has 0 aliphatic rings. The predicted molar refractivity (Wildman–Crippen MR) is 73.5 cm³/mol. The number of carbonyl (C=O) groups is 1. The molecule has 2 N–H and O–H groups in total. The molecule has 0 spiro atoms. The zero-order valence-electron chi connectivity index (χ0n) is 12.0. The van der Waals surface area contributed by atoms with Crippen LogP contribution in [-0.2, 0) is 22.6 Å². The molecule has 2 aromatic rings. The number of aryl methyl sites for hydroxylation is 1. The maximum absolute atomic E-state index is 11.8. The average molecular weight is 294 g/mol. The van der Waals surface area contributed by atoms with Gasteiger partial charge in [-0.25, -0.2) is 4.68 Å². The number of methoxy groups -OCH3 is 1. The van der Waals surface area contributed by atoms with E-state index in [4.69, 9.17) is 9.26 Å². The van der Waals surface area contributed by atoms with Crippen LogP contribution < -0.4 is 10.6 Å². The number of nitrogens with zero attached hydrogens (tertiary/aromatic N) is 4. The van der Waals surface area contributed by atoms with Gasteiger partial charge in [-0.15, -0.1) is 5.10 Å². The Bertz CT molecular complexity index is 579. The van der Waals surface area contributed by atoms with Gasteiger partial charge in [-0.3, -0.25) is 10.1 Å². The second kappa shape index (κ2) is 7.50. The van der Waals surface area contributed by atoms with Crippen molar-refractivity contribution in [2.24, 2.45) is 0 Å². The van der Waals surface area contributed by atoms with E-state index < -0.39 is 0 Å². The first-order valence-electron chi connectivity index (χ1n) is 6.49. The Labute approximate surface area is 121 Å². The molecule has 0 bridgehead atoms. The van der Waals surface area contributed by atoms with Gasteiger partial charge in [0.15, 0.2) is 0 Å². The maximum atomic E-state index is 11.8. The fraction of sp³-hybridized carbons (Fsp3) is 0.500. The van der Waals surface area contributed by atoms with Gasteiger partial charge in [0.25, 0.3) is 0 Å². The van der Waals surface area contributed by atoms with Gasteiger partial charge in [-0.05, 0) is 6.92 Å². The summed E-state index contributed by atoms with van der Waals surface area (Å²) in [6.45, 7) is 3.78. The van der Waals surface area contributed by atoms with Crippen molar-refractivity contribution in [3.8, 4) is 0 Å². The first-order chi connectivity index (χ1) is 10.2. The van der Waals surface area contributed by atoms with Crippen molar-refractivity contribution >= 4 is 11.8 Å². The van der Waals surface area contributed by atoms with Crippen LogP contribution in [0.1, 0.15) is 11.4 Å². The number of hydrogen-bond donors (Lipinski definition) is 2. The molecule has 2 rings (SSSR count). The van der Waals surface area contributed by atoms with Crippen molar-refractivity contribution in [1.82, 2.24) is 25.5 Å². The molecule has 9 heteroatoms. The van der Waals surface area contributed by atoms with E-state index in [1.165, 1.54) is 4.68 Å². The fourth-order valence-electron chi connectivity index (χ4n) is 1.63. The van der Waals surface area contributed by atoms with Crippen LogP contribution >= 0.6 is 0 Å². The van der Waals surface area contributed by atoms with Crippen LogP contribution in [-0.4, -0.2) is 46.3 Å². The van der Waals surface area contributed by atoms with Gasteiger partial charge in [0.05, 0.1) is 24.2 Å². The minimum Gasteiger partial charge on any atom is -0.383 e. The quantitative estimate of drug-likeness (QED) is 0.657. The lowest BCUT2D eigenvalue weighted by Gasteiger charge is -2.01. The van der Waals surface area contributed by atoms with E-state index in [1.54, 1.807) is 26.3 Å². The highest BCUT2D eigenvalue weighted by molar-refractivity contribution is 5.89. The molecule has 9 nitrogen and oxygen atoms in total. The molecule has 0 radical (unpaired) electrons. The zero-order chi connectivity index (χ0) is 15.1. The average Bonchev–Trinajstić information content (AvgIpc) is 3.04. The summed E-state index contributed by atoms with van der Waals surface area (Å²) in [4.78, 5) is 11.8. The molecule has 2 heterocycles. The van der Waals surface area contributed by atoms with Crippen LogP contribution in [0.4, 0.5) is 5.88 Å². The third-order valence-electron chi connectivity index (χ3n) is 2.57. The molecule has 0 saturated heterocycles. The summed E-state index contributed by atoms with van der Waals surface area (Å²) in [5.41, 5.74) is 1.46. The Morgan fingerprint density at radius 3 is 3.10 bits per heavy atom. The number of ether oxygens (including phenoxy) is 1. The Kier molecular flexibility index (Phi) is 5.41. The Morgan fingerprint density at radius 2 is 2.38 bits per heavy atom. The number of aromatic nitrogens is 4. The number of hydrogen-bond acceptors (Lipinski definition) is 7. The lowest BCUT2D eigenvalue weighted by Crippen LogP contribution is -2.19. The Balaban J connectivity index is 1.77. The molecule has 114 valence electrons. The largest absolute Gasteiger partial charge is 0.383 e. The highest BCUT2D eigenvalue weighted by Crippen LogP contribution is 2.08. The first kappa shape index (κ1) is 15.1. The molecule has 0 saturated carbocycles. The van der Waals surface area contributed by atoms with Gasteiger partial charge in [0, 0.05) is 26.3 Å². The lowest BCUT2D eigenvalue weighted by atomic mass is 10.4. The van der Waals surface area contributed by atoms with E-state index in [2.05, 4.69) is 26.1 Å². The third kappa shape index (κ3) is 4.97. The summed E-state index contributed by atoms with van der Waals surface area (Å²) in [5.74, 6) is 0.0639. The van der Waals surface area contributed by atoms with Gasteiger partial charge in [0.2, 0.25) is 11.8 Å². The second-order valence-corrected chi connectivity index (χ2v) is 4.46. The predicted octanol–water partition coefficient (Wildman–Crippen LogP) is -0.0508. The van der Waals surface area contributed by atoms with Crippen LogP contribution in [0.5, 0.6) is 0 Å². The summed E-state index contributed by atoms with van der Waals surface area (Å²) in [6, 6.07) is 1.64. The van der Waals surface area contributed by atoms with Crippen LogP contribution in [0.3, 0.4) is 0 Å². The molecular weight excluding hydrogens is 276 g/mol. The normalized spacial score (nSPS) is 10.8. The molecular formula is C12H18N6O3. The minimum absolute atomic E-state index is 0.0603. The van der Waals surface area contributed by atoms with E-state index in [9.17, 15) is 4.79 Å². The van der Waals surface area contributed by atoms with Crippen molar-refractivity contribution in [3.05, 3.63) is 23.7 Å². The summed E-state index contributed by atoms with van der Waals surface area (Å²) >= 11 is 0. The lowest BCUT2D eigenvalue weighted by molar-refractivity contribution is -0.117. The van der Waals surface area contributed by atoms with Crippen molar-refractivity contribution in [3.63, 3.8) is 0 Å². The second-order valence-electron chi connectivity index (χ2n) is 4.46. The minimum atomic E-state index is -0.255. The van der Waals surface area contributed by atoms with E-state index >= 15 is 0 Å². The number of nitrogens with one attached hydrogen (secondary N) is 2. The molecule has 0 fully saturated rings. The SMILES string of the molecule is COCCNCc1cn(CC(=O)Nc2cc(C)no2)nn1. The van der Waals surface area contributed by atoms with E-state index in [-0.39, 0.29) is 12.5 Å². The molecule has 21 heavy (non-hydrogen) atoms. The Hall–Kier alpha value is -2.26. The smallest absolute Gasteiger partial charge is 0.248 e. The summed E-state index contributed by atoms with van der Waals surface area (Å²) < 4.78 is 11.3. The number of rotatable bonds is 8. The molecule has 1 amide bonds. The van der Waals surface area contributed by atoms with Gasteiger partial charge in [0.1, 0.15) is 6.54 Å². The van der Waals surface area contributed by atoms with Gasteiger partial charge in [-0.1, -0.05) is 10.4 Å². The molecule has 0 unspecified atom stereocenters. The summed E-state index contributed by atoms with van der Waals surface area (Å²) in [7, 11) is 1.65. The van der Waals surface area contributed by atoms with Crippen LogP contribution in [0, 0.1) is 6.92 Å². The van der Waals surface area contributed by atoms with E-state index in [0.29, 0.717) is 24.7 Å². The van der Waals surface area contributed by atoms with E-state index in [0.717, 1.165) is 12.2 Å². The zero-order valence-corrected chi connectivity index (χ0v) is 12.0. The van der Waals surface area contributed by atoms with Crippen LogP contribution in [0.25, 0.3) is 0 Å². The molecule has 0 aromatic carbocycles. The molecule has 2 aromatic heterocycles. The summed E-state index contributed by atoms with van der Waals surface area (Å²) in [5, 5.41) is 17.3. The van der Waals surface area contributed by atoms with Gasteiger partial charge < -0.3 is 14.6 Å². The first-order valence-corrected chi connectivity index (χ1v) is 6.49. The van der Waals surface area contributed by atoms with Crippen LogP contribution in [0.2, 0.25) is 0 Å². The topological polar surface area (TPSA) is 107 Å². The number of amides is 1.